The maximum Gasteiger partial charge on any atom is 0.264 e. The van der Waals surface area contributed by atoms with Crippen molar-refractivity contribution in [2.75, 3.05) is 25.7 Å². The van der Waals surface area contributed by atoms with E-state index in [-0.39, 0.29) is 11.8 Å². The van der Waals surface area contributed by atoms with Gasteiger partial charge in [0.1, 0.15) is 11.8 Å². The van der Waals surface area contributed by atoms with Gasteiger partial charge in [0, 0.05) is 29.9 Å². The Morgan fingerprint density at radius 2 is 1.91 bits per heavy atom. The lowest BCUT2D eigenvalue weighted by molar-refractivity contribution is -0.145. The highest BCUT2D eigenvalue weighted by atomic mass is 35.5. The minimum Gasteiger partial charge on any atom is -0.481 e. The Bertz CT molecular complexity index is 592. The normalized spacial score (nSPS) is 18.7. The quantitative estimate of drug-likeness (QED) is 0.810. The number of amides is 2. The molecule has 0 bridgehead atoms. The molecule has 126 valence electrons. The molecule has 1 fully saturated rings. The van der Waals surface area contributed by atoms with Crippen LogP contribution in [0.4, 0.5) is 0 Å². The minimum absolute atomic E-state index is 0.0821. The summed E-state index contributed by atoms with van der Waals surface area (Å²) in [7, 11) is 3.36. The molecule has 1 aliphatic rings. The van der Waals surface area contributed by atoms with Crippen molar-refractivity contribution in [2.45, 2.75) is 19.1 Å². The fraction of sp³-hybridized carbons (Fsp3) is 0.467. The largest absolute Gasteiger partial charge is 0.481 e. The van der Waals surface area contributed by atoms with Crippen LogP contribution in [0.2, 0.25) is 10.0 Å². The highest BCUT2D eigenvalue weighted by Crippen LogP contribution is 2.27. The van der Waals surface area contributed by atoms with Crippen LogP contribution < -0.4 is 4.74 Å². The molecule has 2 atom stereocenters. The van der Waals surface area contributed by atoms with E-state index in [1.165, 1.54) is 4.90 Å². The molecule has 1 saturated heterocycles. The molecule has 0 spiro atoms. The van der Waals surface area contributed by atoms with Crippen LogP contribution in [0, 0.1) is 0 Å². The molecule has 1 aliphatic heterocycles. The molecule has 0 N–H and O–H groups in total. The Morgan fingerprint density at radius 1 is 1.30 bits per heavy atom. The number of nitrogens with zero attached hydrogens (tertiary/aromatic N) is 2. The van der Waals surface area contributed by atoms with Crippen molar-refractivity contribution in [3.05, 3.63) is 28.2 Å². The molecule has 1 aromatic rings. The highest BCUT2D eigenvalue weighted by Gasteiger charge is 2.37. The molecule has 5 nitrogen and oxygen atoms in total. The molecule has 2 unspecified atom stereocenters. The van der Waals surface area contributed by atoms with Crippen molar-refractivity contribution in [2.24, 2.45) is 0 Å². The maximum absolute atomic E-state index is 12.6. The van der Waals surface area contributed by atoms with E-state index in [4.69, 9.17) is 27.9 Å². The van der Waals surface area contributed by atoms with Gasteiger partial charge in [0.25, 0.3) is 5.91 Å². The van der Waals surface area contributed by atoms with E-state index in [0.717, 1.165) is 0 Å². The van der Waals surface area contributed by atoms with E-state index in [1.54, 1.807) is 55.9 Å². The van der Waals surface area contributed by atoms with Crippen molar-refractivity contribution >= 4 is 46.8 Å². The lowest BCUT2D eigenvalue weighted by atomic mass is 10.2. The third-order valence-corrected chi connectivity index (χ3v) is 4.84. The monoisotopic (exact) mass is 376 g/mol. The number of ether oxygens (including phenoxy) is 1. The number of carbonyl (C=O) groups excluding carboxylic acids is 2. The first kappa shape index (κ1) is 18.2. The molecular formula is C15H18Cl2N2O3S. The Balaban J connectivity index is 2.08. The van der Waals surface area contributed by atoms with E-state index in [9.17, 15) is 9.59 Å². The van der Waals surface area contributed by atoms with Gasteiger partial charge in [-0.2, -0.15) is 0 Å². The summed E-state index contributed by atoms with van der Waals surface area (Å²) in [6, 6.07) is 4.33. The fourth-order valence-electron chi connectivity index (χ4n) is 2.25. The Kier molecular flexibility index (Phi) is 6.06. The van der Waals surface area contributed by atoms with Gasteiger partial charge in [-0.3, -0.25) is 9.59 Å². The number of hydrogen-bond acceptors (Lipinski definition) is 4. The van der Waals surface area contributed by atoms with Crippen LogP contribution in [-0.2, 0) is 9.59 Å². The lowest BCUT2D eigenvalue weighted by Crippen LogP contribution is -2.50. The van der Waals surface area contributed by atoms with E-state index in [2.05, 4.69) is 0 Å². The summed E-state index contributed by atoms with van der Waals surface area (Å²) in [5.41, 5.74) is 0. The van der Waals surface area contributed by atoms with E-state index in [0.29, 0.717) is 27.4 Å². The molecule has 1 aromatic carbocycles. The summed E-state index contributed by atoms with van der Waals surface area (Å²) in [6.07, 6.45) is -0.735. The molecule has 0 saturated carbocycles. The van der Waals surface area contributed by atoms with Crippen molar-refractivity contribution in [3.8, 4) is 5.75 Å². The van der Waals surface area contributed by atoms with Gasteiger partial charge in [-0.1, -0.05) is 23.2 Å². The number of benzene rings is 1. The standard InChI is InChI=1S/C15H18Cl2N2O3S/c1-9(22-12-5-10(16)4-11(17)6-12)14(20)19-8-23-7-13(19)15(21)18(2)3/h4-6,9,13H,7-8H2,1-3H3. The third kappa shape index (κ3) is 4.46. The van der Waals surface area contributed by atoms with Crippen molar-refractivity contribution in [1.82, 2.24) is 9.80 Å². The van der Waals surface area contributed by atoms with Crippen molar-refractivity contribution in [3.63, 3.8) is 0 Å². The van der Waals surface area contributed by atoms with Crippen LogP contribution in [0.5, 0.6) is 5.75 Å². The van der Waals surface area contributed by atoms with Crippen LogP contribution in [0.25, 0.3) is 0 Å². The maximum atomic E-state index is 12.6. The Labute approximate surface area is 149 Å². The number of thioether (sulfide) groups is 1. The summed E-state index contributed by atoms with van der Waals surface area (Å²) in [4.78, 5) is 27.8. The number of halogens is 2. The first-order valence-corrected chi connectivity index (χ1v) is 8.93. The molecule has 1 heterocycles. The van der Waals surface area contributed by atoms with E-state index in [1.807, 2.05) is 0 Å². The Morgan fingerprint density at radius 3 is 2.48 bits per heavy atom. The van der Waals surface area contributed by atoms with Crippen LogP contribution >= 0.6 is 35.0 Å². The summed E-state index contributed by atoms with van der Waals surface area (Å²) < 4.78 is 5.64. The molecule has 0 aromatic heterocycles. The van der Waals surface area contributed by atoms with Crippen LogP contribution in [0.15, 0.2) is 18.2 Å². The second-order valence-electron chi connectivity index (χ2n) is 5.42. The average molecular weight is 377 g/mol. The molecule has 2 amide bonds. The number of likely N-dealkylation sites (N-methyl/N-ethyl adjacent to an activating group) is 1. The van der Waals surface area contributed by atoms with E-state index >= 15 is 0 Å². The van der Waals surface area contributed by atoms with Gasteiger partial charge in [-0.05, 0) is 25.1 Å². The second kappa shape index (κ2) is 7.64. The first-order chi connectivity index (χ1) is 10.8. The molecule has 23 heavy (non-hydrogen) atoms. The van der Waals surface area contributed by atoms with Gasteiger partial charge in [-0.25, -0.2) is 0 Å². The second-order valence-corrected chi connectivity index (χ2v) is 7.29. The van der Waals surface area contributed by atoms with Gasteiger partial charge in [0.15, 0.2) is 6.10 Å². The minimum atomic E-state index is -0.735. The van der Waals surface area contributed by atoms with Crippen molar-refractivity contribution in [1.29, 1.82) is 0 Å². The van der Waals surface area contributed by atoms with Crippen LogP contribution in [0.3, 0.4) is 0 Å². The van der Waals surface area contributed by atoms with Gasteiger partial charge < -0.3 is 14.5 Å². The zero-order valence-corrected chi connectivity index (χ0v) is 15.4. The molecular weight excluding hydrogens is 359 g/mol. The summed E-state index contributed by atoms with van der Waals surface area (Å²) in [5.74, 6) is 1.18. The van der Waals surface area contributed by atoms with Gasteiger partial charge in [-0.15, -0.1) is 11.8 Å². The predicted octanol–water partition coefficient (Wildman–Crippen LogP) is 2.75. The lowest BCUT2D eigenvalue weighted by Gasteiger charge is -2.27. The molecule has 8 heteroatoms. The van der Waals surface area contributed by atoms with Gasteiger partial charge >= 0.3 is 0 Å². The average Bonchev–Trinajstić information content (AvgIpc) is 2.93. The Hall–Kier alpha value is -1.11. The number of hydrogen-bond donors (Lipinski definition) is 0. The fourth-order valence-corrected chi connectivity index (χ4v) is 3.91. The van der Waals surface area contributed by atoms with Gasteiger partial charge in [0.2, 0.25) is 5.91 Å². The highest BCUT2D eigenvalue weighted by molar-refractivity contribution is 7.99. The van der Waals surface area contributed by atoms with E-state index < -0.39 is 12.1 Å². The molecule has 0 radical (unpaired) electrons. The van der Waals surface area contributed by atoms with Crippen molar-refractivity contribution < 1.29 is 14.3 Å². The van der Waals surface area contributed by atoms with Gasteiger partial charge in [0.05, 0.1) is 5.88 Å². The smallest absolute Gasteiger partial charge is 0.264 e. The summed E-state index contributed by atoms with van der Waals surface area (Å²) in [5, 5.41) is 0.870. The zero-order valence-electron chi connectivity index (χ0n) is 13.1. The first-order valence-electron chi connectivity index (χ1n) is 7.01. The topological polar surface area (TPSA) is 49.9 Å². The van der Waals surface area contributed by atoms with Crippen LogP contribution in [-0.4, -0.2) is 59.5 Å². The summed E-state index contributed by atoms with van der Waals surface area (Å²) in [6.45, 7) is 1.65. The third-order valence-electron chi connectivity index (χ3n) is 3.39. The molecule has 0 aliphatic carbocycles. The summed E-state index contributed by atoms with van der Waals surface area (Å²) >= 11 is 13.4. The van der Waals surface area contributed by atoms with Crippen LogP contribution in [0.1, 0.15) is 6.92 Å². The number of carbonyl (C=O) groups is 2. The zero-order chi connectivity index (χ0) is 17.1. The number of rotatable bonds is 4. The SMILES string of the molecule is CC(Oc1cc(Cl)cc(Cl)c1)C(=O)N1CSCC1C(=O)N(C)C. The molecule has 2 rings (SSSR count). The predicted molar refractivity (Wildman–Crippen MR) is 93.2 cm³/mol.